The van der Waals surface area contributed by atoms with Crippen LogP contribution in [0.1, 0.15) is 24.9 Å². The third kappa shape index (κ3) is 3.21. The Morgan fingerprint density at radius 1 is 1.26 bits per heavy atom. The fourth-order valence-electron chi connectivity index (χ4n) is 3.14. The Labute approximate surface area is 136 Å². The number of nitrogens with zero attached hydrogens (tertiary/aromatic N) is 5. The molecule has 0 unspecified atom stereocenters. The maximum absolute atomic E-state index is 12.8. The van der Waals surface area contributed by atoms with Gasteiger partial charge in [0.15, 0.2) is 0 Å². The lowest BCUT2D eigenvalue weighted by Gasteiger charge is -2.38. The summed E-state index contributed by atoms with van der Waals surface area (Å²) >= 11 is 0. The van der Waals surface area contributed by atoms with Gasteiger partial charge in [0, 0.05) is 56.7 Å². The van der Waals surface area contributed by atoms with E-state index in [0.29, 0.717) is 0 Å². The van der Waals surface area contributed by atoms with Gasteiger partial charge in [0.25, 0.3) is 0 Å². The van der Waals surface area contributed by atoms with E-state index in [1.165, 1.54) is 11.3 Å². The summed E-state index contributed by atoms with van der Waals surface area (Å²) in [6.45, 7) is 7.31. The average molecular weight is 313 g/mol. The van der Waals surface area contributed by atoms with Gasteiger partial charge in [-0.05, 0) is 31.0 Å². The van der Waals surface area contributed by atoms with E-state index in [1.54, 1.807) is 10.9 Å². The first-order valence-electron chi connectivity index (χ1n) is 8.14. The van der Waals surface area contributed by atoms with Gasteiger partial charge in [-0.3, -0.25) is 14.5 Å². The van der Waals surface area contributed by atoms with Crippen LogP contribution in [0.5, 0.6) is 0 Å². The molecular formula is C17H23N5O. The molecular weight excluding hydrogens is 290 g/mol. The van der Waals surface area contributed by atoms with Crippen molar-refractivity contribution in [3.05, 3.63) is 42.5 Å². The second-order valence-corrected chi connectivity index (χ2v) is 5.88. The van der Waals surface area contributed by atoms with E-state index < -0.39 is 0 Å². The van der Waals surface area contributed by atoms with Crippen LogP contribution in [0.15, 0.2) is 36.9 Å². The Kier molecular flexibility index (Phi) is 4.60. The second kappa shape index (κ2) is 6.81. The van der Waals surface area contributed by atoms with Gasteiger partial charge in [-0.1, -0.05) is 6.92 Å². The molecule has 6 heteroatoms. The lowest BCUT2D eigenvalue weighted by molar-refractivity contribution is -0.135. The Morgan fingerprint density at radius 2 is 2.04 bits per heavy atom. The molecule has 23 heavy (non-hydrogen) atoms. The van der Waals surface area contributed by atoms with E-state index in [0.717, 1.165) is 32.6 Å². The number of anilines is 1. The number of rotatable bonds is 4. The first-order chi connectivity index (χ1) is 11.2. The van der Waals surface area contributed by atoms with Gasteiger partial charge in [-0.2, -0.15) is 5.10 Å². The van der Waals surface area contributed by atoms with Gasteiger partial charge < -0.3 is 9.80 Å². The van der Waals surface area contributed by atoms with Crippen molar-refractivity contribution in [3.8, 4) is 0 Å². The predicted octanol–water partition coefficient (Wildman–Crippen LogP) is 1.89. The fourth-order valence-corrected chi connectivity index (χ4v) is 3.14. The summed E-state index contributed by atoms with van der Waals surface area (Å²) in [6.07, 6.45) is 8.05. The Balaban J connectivity index is 1.64. The Morgan fingerprint density at radius 3 is 2.65 bits per heavy atom. The molecule has 3 rings (SSSR count). The molecule has 0 saturated carbocycles. The zero-order chi connectivity index (χ0) is 16.2. The molecule has 2 aromatic heterocycles. The van der Waals surface area contributed by atoms with Gasteiger partial charge in [-0.15, -0.1) is 0 Å². The Bertz CT molecular complexity index is 647. The highest BCUT2D eigenvalue weighted by Gasteiger charge is 2.28. The van der Waals surface area contributed by atoms with Crippen molar-refractivity contribution in [1.82, 2.24) is 19.7 Å². The van der Waals surface area contributed by atoms with E-state index >= 15 is 0 Å². The second-order valence-electron chi connectivity index (χ2n) is 5.88. The first kappa shape index (κ1) is 15.5. The van der Waals surface area contributed by atoms with Crippen LogP contribution < -0.4 is 4.90 Å². The number of carbonyl (C=O) groups is 1. The largest absolute Gasteiger partial charge is 0.368 e. The normalized spacial score (nSPS) is 16.4. The van der Waals surface area contributed by atoms with Crippen LogP contribution in [0.25, 0.3) is 0 Å². The summed E-state index contributed by atoms with van der Waals surface area (Å²) in [7, 11) is 0. The van der Waals surface area contributed by atoms with E-state index in [4.69, 9.17) is 0 Å². The molecule has 1 atom stereocenters. The summed E-state index contributed by atoms with van der Waals surface area (Å²) in [6, 6.07) is 3.71. The van der Waals surface area contributed by atoms with Crippen LogP contribution in [-0.2, 0) is 4.79 Å². The standard InChI is InChI=1S/C17H23N5O/c1-3-15(22-8-4-6-19-22)17(23)21-11-9-20(10-12-21)16-5-7-18-13-14(16)2/h4-8,13,15H,3,9-12H2,1-2H3/t15-/m0/s1. The van der Waals surface area contributed by atoms with Crippen LogP contribution in [0.3, 0.4) is 0 Å². The summed E-state index contributed by atoms with van der Waals surface area (Å²) in [5.74, 6) is 0.169. The van der Waals surface area contributed by atoms with Crippen molar-refractivity contribution in [2.45, 2.75) is 26.3 Å². The smallest absolute Gasteiger partial charge is 0.247 e. The highest BCUT2D eigenvalue weighted by molar-refractivity contribution is 5.80. The van der Waals surface area contributed by atoms with Crippen molar-refractivity contribution in [1.29, 1.82) is 0 Å². The lowest BCUT2D eigenvalue weighted by atomic mass is 10.1. The number of amides is 1. The molecule has 2 aromatic rings. The number of carbonyl (C=O) groups excluding carboxylic acids is 1. The quantitative estimate of drug-likeness (QED) is 0.865. The molecule has 0 N–H and O–H groups in total. The topological polar surface area (TPSA) is 54.3 Å². The third-order valence-corrected chi connectivity index (χ3v) is 4.44. The minimum absolute atomic E-state index is 0.169. The van der Waals surface area contributed by atoms with Crippen molar-refractivity contribution < 1.29 is 4.79 Å². The third-order valence-electron chi connectivity index (χ3n) is 4.44. The number of aryl methyl sites for hydroxylation is 1. The van der Waals surface area contributed by atoms with Crippen LogP contribution in [0.4, 0.5) is 5.69 Å². The molecule has 0 aliphatic carbocycles. The van der Waals surface area contributed by atoms with E-state index in [9.17, 15) is 4.79 Å². The van der Waals surface area contributed by atoms with Crippen molar-refractivity contribution >= 4 is 11.6 Å². The molecule has 122 valence electrons. The van der Waals surface area contributed by atoms with Crippen LogP contribution in [0.2, 0.25) is 0 Å². The first-order valence-corrected chi connectivity index (χ1v) is 8.14. The highest BCUT2D eigenvalue weighted by atomic mass is 16.2. The number of pyridine rings is 1. The highest BCUT2D eigenvalue weighted by Crippen LogP contribution is 2.21. The number of hydrogen-bond acceptors (Lipinski definition) is 4. The summed E-state index contributed by atoms with van der Waals surface area (Å²) in [4.78, 5) is 21.2. The fraction of sp³-hybridized carbons (Fsp3) is 0.471. The predicted molar refractivity (Wildman–Crippen MR) is 89.3 cm³/mol. The number of hydrogen-bond donors (Lipinski definition) is 0. The molecule has 1 amide bonds. The SMILES string of the molecule is CC[C@@H](C(=O)N1CCN(c2ccncc2C)CC1)n1cccn1. The molecule has 0 aromatic carbocycles. The molecule has 1 fully saturated rings. The number of piperazine rings is 1. The molecule has 0 radical (unpaired) electrons. The summed E-state index contributed by atoms with van der Waals surface area (Å²) in [5, 5.41) is 4.23. The van der Waals surface area contributed by atoms with E-state index in [-0.39, 0.29) is 11.9 Å². The van der Waals surface area contributed by atoms with E-state index in [2.05, 4.69) is 21.9 Å². The van der Waals surface area contributed by atoms with Crippen molar-refractivity contribution in [3.63, 3.8) is 0 Å². The molecule has 6 nitrogen and oxygen atoms in total. The summed E-state index contributed by atoms with van der Waals surface area (Å²) < 4.78 is 1.77. The lowest BCUT2D eigenvalue weighted by Crippen LogP contribution is -2.50. The van der Waals surface area contributed by atoms with Crippen LogP contribution >= 0.6 is 0 Å². The average Bonchev–Trinajstić information content (AvgIpc) is 3.10. The zero-order valence-corrected chi connectivity index (χ0v) is 13.7. The number of aromatic nitrogens is 3. The maximum atomic E-state index is 12.8. The van der Waals surface area contributed by atoms with Crippen LogP contribution in [0, 0.1) is 6.92 Å². The van der Waals surface area contributed by atoms with Gasteiger partial charge in [0.2, 0.25) is 5.91 Å². The van der Waals surface area contributed by atoms with Crippen LogP contribution in [-0.4, -0.2) is 51.8 Å². The zero-order valence-electron chi connectivity index (χ0n) is 13.7. The van der Waals surface area contributed by atoms with Crippen molar-refractivity contribution in [2.75, 3.05) is 31.1 Å². The minimum atomic E-state index is -0.195. The molecule has 3 heterocycles. The Hall–Kier alpha value is -2.37. The molecule has 1 aliphatic heterocycles. The van der Waals surface area contributed by atoms with Gasteiger partial charge >= 0.3 is 0 Å². The van der Waals surface area contributed by atoms with Gasteiger partial charge in [0.1, 0.15) is 6.04 Å². The minimum Gasteiger partial charge on any atom is -0.368 e. The van der Waals surface area contributed by atoms with E-state index in [1.807, 2.05) is 42.5 Å². The monoisotopic (exact) mass is 313 g/mol. The molecule has 0 spiro atoms. The molecule has 0 bridgehead atoms. The molecule has 1 aliphatic rings. The summed E-state index contributed by atoms with van der Waals surface area (Å²) in [5.41, 5.74) is 2.39. The molecule has 1 saturated heterocycles. The van der Waals surface area contributed by atoms with Crippen molar-refractivity contribution in [2.24, 2.45) is 0 Å². The maximum Gasteiger partial charge on any atom is 0.247 e. The van der Waals surface area contributed by atoms with Gasteiger partial charge in [0.05, 0.1) is 0 Å². The van der Waals surface area contributed by atoms with Gasteiger partial charge in [-0.25, -0.2) is 0 Å².